The fraction of sp³-hybridized carbons (Fsp3) is 0. The van der Waals surface area contributed by atoms with E-state index in [1.54, 1.807) is 48.5 Å². The minimum Gasteiger partial charge on any atom is -0.309 e. The second kappa shape index (κ2) is 13.8. The molecule has 0 bridgehead atoms. The van der Waals surface area contributed by atoms with E-state index in [0.29, 0.717) is 16.7 Å². The van der Waals surface area contributed by atoms with Crippen molar-refractivity contribution < 1.29 is 23.3 Å². The summed E-state index contributed by atoms with van der Waals surface area (Å²) in [6, 6.07) is 19.4. The molecule has 0 N–H and O–H groups in total. The van der Waals surface area contributed by atoms with Gasteiger partial charge >= 0.3 is 0 Å². The topological polar surface area (TPSA) is 43.6 Å². The number of hydrogen-bond donors (Lipinski definition) is 0. The molecule has 0 aliphatic heterocycles. The number of hydrogen-bond acceptors (Lipinski definition) is 3. The average Bonchev–Trinajstić information content (AvgIpc) is 3.77. The van der Waals surface area contributed by atoms with Crippen LogP contribution in [-0.4, -0.2) is 19.5 Å². The van der Waals surface area contributed by atoms with E-state index in [4.69, 9.17) is 26.4 Å². The lowest BCUT2D eigenvalue weighted by atomic mass is 9.97. The van der Waals surface area contributed by atoms with Crippen molar-refractivity contribution in [3.05, 3.63) is 206 Å². The molecule has 0 saturated heterocycles. The smallest absolute Gasteiger partial charge is 0.166 e. The van der Waals surface area contributed by atoms with Crippen LogP contribution in [0.1, 0.15) is 23.3 Å². The van der Waals surface area contributed by atoms with Crippen molar-refractivity contribution in [2.24, 2.45) is 0 Å². The summed E-state index contributed by atoms with van der Waals surface area (Å²) in [6.07, 6.45) is 0. The van der Waals surface area contributed by atoms with E-state index < -0.39 is 114 Å². The first kappa shape index (κ1) is 19.1. The minimum absolute atomic E-state index is 0.0142. The lowest BCUT2D eigenvalue weighted by molar-refractivity contribution is 1.06. The molecule has 0 saturated carbocycles. The standard InChI is InChI=1S/C51H34N4/c1-5-16-35(17-6-1)39-24-15-25-40(32-39)42-29-31-48(55-46-27-14-13-26-43(46)44-33-41(28-30-47(44)55)36-18-7-2-8-19-36)45(34-42)51-53-49(37-20-9-3-10-21-37)52-50(54-51)38-22-11-4-12-23-38/h1-34H/i2D,3D,7D,8D,9D,10D,13D,14D,18D,19D,20D,21D,26D,27D,28D,30D,33D. The summed E-state index contributed by atoms with van der Waals surface area (Å²) in [7, 11) is 0. The van der Waals surface area contributed by atoms with Gasteiger partial charge in [0.2, 0.25) is 0 Å². The Kier molecular flexibility index (Phi) is 4.80. The molecule has 0 unspecified atom stereocenters. The highest BCUT2D eigenvalue weighted by atomic mass is 15.1. The molecular weight excluding hydrogens is 669 g/mol. The molecule has 0 aliphatic carbocycles. The highest BCUT2D eigenvalue weighted by Crippen LogP contribution is 2.40. The maximum atomic E-state index is 9.73. The van der Waals surface area contributed by atoms with Gasteiger partial charge in [-0.25, -0.2) is 15.0 Å². The first-order chi connectivity index (χ1) is 34.3. The quantitative estimate of drug-likeness (QED) is 0.165. The lowest BCUT2D eigenvalue weighted by Crippen LogP contribution is -2.04. The molecular formula is C51H34N4. The van der Waals surface area contributed by atoms with Crippen LogP contribution in [0.4, 0.5) is 0 Å². The van der Waals surface area contributed by atoms with Crippen LogP contribution in [-0.2, 0) is 0 Å². The Morgan fingerprint density at radius 3 is 1.67 bits per heavy atom. The summed E-state index contributed by atoms with van der Waals surface area (Å²) in [5.74, 6) is -0.453. The van der Waals surface area contributed by atoms with Gasteiger partial charge in [-0.3, -0.25) is 0 Å². The zero-order valence-corrected chi connectivity index (χ0v) is 28.6. The fourth-order valence-electron chi connectivity index (χ4n) is 6.54. The minimum atomic E-state index is -0.755. The second-order valence-electron chi connectivity index (χ2n) is 12.4. The number of aromatic nitrogens is 4. The second-order valence-corrected chi connectivity index (χ2v) is 12.4. The first-order valence-electron chi connectivity index (χ1n) is 25.6. The molecule has 0 fully saturated rings. The van der Waals surface area contributed by atoms with Gasteiger partial charge in [0.25, 0.3) is 0 Å². The van der Waals surface area contributed by atoms with Gasteiger partial charge in [0, 0.05) is 27.5 Å². The van der Waals surface area contributed by atoms with Crippen molar-refractivity contribution in [2.75, 3.05) is 0 Å². The van der Waals surface area contributed by atoms with Crippen LogP contribution in [0.3, 0.4) is 0 Å². The molecule has 0 radical (unpaired) electrons. The summed E-state index contributed by atoms with van der Waals surface area (Å²) >= 11 is 0. The van der Waals surface area contributed by atoms with Crippen LogP contribution in [0.25, 0.3) is 95.0 Å². The van der Waals surface area contributed by atoms with Crippen LogP contribution in [0.5, 0.6) is 0 Å². The number of rotatable bonds is 7. The van der Waals surface area contributed by atoms with Crippen LogP contribution in [0.15, 0.2) is 206 Å². The Labute approximate surface area is 343 Å². The number of nitrogens with zero attached hydrogens (tertiary/aromatic N) is 4. The maximum Gasteiger partial charge on any atom is 0.166 e. The van der Waals surface area contributed by atoms with E-state index in [9.17, 15) is 6.85 Å². The highest BCUT2D eigenvalue weighted by molar-refractivity contribution is 6.11. The predicted octanol–water partition coefficient (Wildman–Crippen LogP) is 13.0. The SMILES string of the molecule is [2H]c1c([2H])c([2H])c(-c2nc(-c3ccccc3)nc(-c3cc(-c4cccc(-c5ccccc5)c4)ccc3-n3c4c([2H])c([2H])c([2H])c([2H])c4c4c([2H])c(-c5c([2H])c([2H])c([2H])c([2H])c5[2H])c([2H])c([2H])c43)n2)c([2H])c1[2H]. The monoisotopic (exact) mass is 719 g/mol. The van der Waals surface area contributed by atoms with Crippen LogP contribution >= 0.6 is 0 Å². The molecule has 0 aliphatic rings. The van der Waals surface area contributed by atoms with E-state index in [2.05, 4.69) is 4.98 Å². The number of fused-ring (bicyclic) bond motifs is 3. The van der Waals surface area contributed by atoms with E-state index in [1.165, 1.54) is 4.57 Å². The summed E-state index contributed by atoms with van der Waals surface area (Å²) in [5, 5.41) is -0.556. The number of para-hydroxylation sites is 1. The molecule has 0 atom stereocenters. The summed E-state index contributed by atoms with van der Waals surface area (Å²) in [6.45, 7) is 0. The van der Waals surface area contributed by atoms with Crippen molar-refractivity contribution >= 4 is 21.8 Å². The molecule has 0 amide bonds. The Bertz CT molecular complexity index is 3900. The van der Waals surface area contributed by atoms with Gasteiger partial charge in [-0.2, -0.15) is 0 Å². The summed E-state index contributed by atoms with van der Waals surface area (Å²) in [4.78, 5) is 14.4. The molecule has 55 heavy (non-hydrogen) atoms. The third kappa shape index (κ3) is 6.06. The van der Waals surface area contributed by atoms with Crippen molar-refractivity contribution in [1.29, 1.82) is 0 Å². The van der Waals surface area contributed by atoms with E-state index in [-0.39, 0.29) is 56.1 Å². The summed E-state index contributed by atoms with van der Waals surface area (Å²) in [5.41, 5.74) is 1.71. The molecule has 0 spiro atoms. The largest absolute Gasteiger partial charge is 0.309 e. The van der Waals surface area contributed by atoms with Gasteiger partial charge in [-0.05, 0) is 69.7 Å². The van der Waals surface area contributed by atoms with Gasteiger partial charge < -0.3 is 4.57 Å². The molecule has 2 aromatic heterocycles. The molecule has 10 aromatic rings. The van der Waals surface area contributed by atoms with Crippen LogP contribution in [0, 0.1) is 0 Å². The van der Waals surface area contributed by atoms with Gasteiger partial charge in [0.15, 0.2) is 17.5 Å². The number of benzene rings is 8. The van der Waals surface area contributed by atoms with E-state index in [0.717, 1.165) is 11.1 Å². The van der Waals surface area contributed by atoms with Gasteiger partial charge in [0.1, 0.15) is 0 Å². The maximum absolute atomic E-state index is 9.73. The van der Waals surface area contributed by atoms with Crippen molar-refractivity contribution in [2.45, 2.75) is 0 Å². The Morgan fingerprint density at radius 1 is 0.364 bits per heavy atom. The van der Waals surface area contributed by atoms with Crippen molar-refractivity contribution in [3.8, 4) is 73.2 Å². The van der Waals surface area contributed by atoms with E-state index in [1.807, 2.05) is 54.6 Å². The van der Waals surface area contributed by atoms with Crippen molar-refractivity contribution in [3.63, 3.8) is 0 Å². The normalized spacial score (nSPS) is 15.6. The molecule has 4 nitrogen and oxygen atoms in total. The molecule has 10 rings (SSSR count). The molecule has 2 heterocycles. The van der Waals surface area contributed by atoms with Crippen LogP contribution < -0.4 is 0 Å². The zero-order chi connectivity index (χ0) is 51.3. The Balaban J connectivity index is 1.38. The average molecular weight is 720 g/mol. The highest BCUT2D eigenvalue weighted by Gasteiger charge is 2.21. The first-order valence-corrected chi connectivity index (χ1v) is 17.1. The van der Waals surface area contributed by atoms with Crippen molar-refractivity contribution in [1.82, 2.24) is 19.5 Å². The Hall–Kier alpha value is -7.43. The lowest BCUT2D eigenvalue weighted by Gasteiger charge is -2.17. The zero-order valence-electron chi connectivity index (χ0n) is 45.6. The van der Waals surface area contributed by atoms with Gasteiger partial charge in [-0.1, -0.05) is 170 Å². The Morgan fingerprint density at radius 2 is 0.927 bits per heavy atom. The van der Waals surface area contributed by atoms with Crippen LogP contribution in [0.2, 0.25) is 0 Å². The van der Waals surface area contributed by atoms with Gasteiger partial charge in [0.05, 0.1) is 40.0 Å². The van der Waals surface area contributed by atoms with Gasteiger partial charge in [-0.15, -0.1) is 0 Å². The fourth-order valence-corrected chi connectivity index (χ4v) is 6.54. The molecule has 258 valence electrons. The third-order valence-corrected chi connectivity index (χ3v) is 9.08. The molecule has 8 aromatic carbocycles. The molecule has 4 heteroatoms. The predicted molar refractivity (Wildman–Crippen MR) is 227 cm³/mol. The third-order valence-electron chi connectivity index (χ3n) is 9.08. The summed E-state index contributed by atoms with van der Waals surface area (Å²) < 4.78 is 152. The van der Waals surface area contributed by atoms with E-state index >= 15 is 0 Å².